The van der Waals surface area contributed by atoms with Crippen LogP contribution in [0.5, 0.6) is 0 Å². The van der Waals surface area contributed by atoms with Crippen molar-refractivity contribution in [1.29, 1.82) is 0 Å². The van der Waals surface area contributed by atoms with Crippen LogP contribution >= 0.6 is 11.5 Å². The Morgan fingerprint density at radius 1 is 1.19 bits per heavy atom. The summed E-state index contributed by atoms with van der Waals surface area (Å²) < 4.78 is 4.42. The summed E-state index contributed by atoms with van der Waals surface area (Å²) in [5.41, 5.74) is 1.64. The summed E-state index contributed by atoms with van der Waals surface area (Å²) in [6.45, 7) is 3.63. The molecule has 0 radical (unpaired) electrons. The van der Waals surface area contributed by atoms with Crippen LogP contribution in [0, 0.1) is 5.92 Å². The summed E-state index contributed by atoms with van der Waals surface area (Å²) in [4.78, 5) is 29.8. The molecule has 6 nitrogen and oxygen atoms in total. The topological polar surface area (TPSA) is 84.0 Å². The number of rotatable bonds is 5. The number of hydrogen-bond donors (Lipinski definition) is 2. The minimum atomic E-state index is -0.194. The summed E-state index contributed by atoms with van der Waals surface area (Å²) in [6.07, 6.45) is 7.20. The van der Waals surface area contributed by atoms with Crippen molar-refractivity contribution in [3.63, 3.8) is 0 Å². The second-order valence-corrected chi connectivity index (χ2v) is 7.68. The van der Waals surface area contributed by atoms with Gasteiger partial charge < -0.3 is 10.6 Å². The Hall–Kier alpha value is -2.28. The first-order valence-corrected chi connectivity index (χ1v) is 9.86. The molecule has 1 aliphatic rings. The molecule has 7 heteroatoms. The first-order chi connectivity index (χ1) is 12.6. The van der Waals surface area contributed by atoms with Crippen LogP contribution in [-0.4, -0.2) is 27.2 Å². The van der Waals surface area contributed by atoms with E-state index < -0.39 is 0 Å². The summed E-state index contributed by atoms with van der Waals surface area (Å²) >= 11 is 1.10. The van der Waals surface area contributed by atoms with Crippen LogP contribution in [0.4, 0.5) is 5.69 Å². The molecule has 1 fully saturated rings. The lowest BCUT2D eigenvalue weighted by Gasteiger charge is -2.22. The lowest BCUT2D eigenvalue weighted by Crippen LogP contribution is -2.36. The average molecular weight is 372 g/mol. The molecule has 2 aromatic heterocycles. The van der Waals surface area contributed by atoms with E-state index in [4.69, 9.17) is 0 Å². The van der Waals surface area contributed by atoms with Gasteiger partial charge in [0.1, 0.15) is 10.6 Å². The van der Waals surface area contributed by atoms with E-state index in [1.807, 2.05) is 32.0 Å². The number of pyridine rings is 1. The fourth-order valence-electron chi connectivity index (χ4n) is 3.00. The maximum atomic E-state index is 12.8. The van der Waals surface area contributed by atoms with Gasteiger partial charge in [0, 0.05) is 18.2 Å². The van der Waals surface area contributed by atoms with Crippen LogP contribution in [0.15, 0.2) is 24.4 Å². The Labute approximate surface area is 157 Å². The lowest BCUT2D eigenvalue weighted by atomic mass is 9.95. The number of carbonyl (C=O) groups is 2. The Kier molecular flexibility index (Phi) is 5.98. The number of hydrogen-bond acceptors (Lipinski definition) is 5. The van der Waals surface area contributed by atoms with E-state index in [1.165, 1.54) is 6.42 Å². The maximum absolute atomic E-state index is 12.8. The molecule has 0 aliphatic heterocycles. The largest absolute Gasteiger partial charge is 0.348 e. The van der Waals surface area contributed by atoms with Crippen molar-refractivity contribution in [1.82, 2.24) is 14.7 Å². The standard InChI is InChI=1S/C19H24N4O2S/c1-12(2)18(24)22-16-15(14-10-6-7-11-20-14)23-26-17(16)19(25)21-13-8-4-3-5-9-13/h6-7,10-13H,3-5,8-9H2,1-2H3,(H,21,25)(H,22,24). The Morgan fingerprint density at radius 3 is 2.62 bits per heavy atom. The number of carbonyl (C=O) groups excluding carboxylic acids is 2. The van der Waals surface area contributed by atoms with Crippen LogP contribution in [-0.2, 0) is 4.79 Å². The van der Waals surface area contributed by atoms with Crippen LogP contribution in [0.1, 0.15) is 55.6 Å². The number of amides is 2. The van der Waals surface area contributed by atoms with E-state index in [0.29, 0.717) is 22.0 Å². The Morgan fingerprint density at radius 2 is 1.96 bits per heavy atom. The van der Waals surface area contributed by atoms with Crippen molar-refractivity contribution in [2.24, 2.45) is 5.92 Å². The minimum Gasteiger partial charge on any atom is -0.348 e. The zero-order chi connectivity index (χ0) is 18.5. The van der Waals surface area contributed by atoms with Crippen molar-refractivity contribution in [2.45, 2.75) is 52.0 Å². The van der Waals surface area contributed by atoms with Gasteiger partial charge in [-0.25, -0.2) is 0 Å². The second-order valence-electron chi connectivity index (χ2n) is 6.90. The Bertz CT molecular complexity index is 767. The number of nitrogens with zero attached hydrogens (tertiary/aromatic N) is 2. The molecule has 2 aromatic rings. The van der Waals surface area contributed by atoms with Gasteiger partial charge in [-0.2, -0.15) is 4.37 Å². The fourth-order valence-corrected chi connectivity index (χ4v) is 3.75. The van der Waals surface area contributed by atoms with Crippen LogP contribution < -0.4 is 10.6 Å². The summed E-state index contributed by atoms with van der Waals surface area (Å²) in [6, 6.07) is 5.70. The third-order valence-electron chi connectivity index (χ3n) is 4.52. The number of anilines is 1. The van der Waals surface area contributed by atoms with E-state index in [-0.39, 0.29) is 23.8 Å². The summed E-state index contributed by atoms with van der Waals surface area (Å²) in [5, 5.41) is 5.99. The number of aromatic nitrogens is 2. The molecule has 0 atom stereocenters. The normalized spacial score (nSPS) is 15.0. The van der Waals surface area contributed by atoms with Crippen molar-refractivity contribution in [2.75, 3.05) is 5.32 Å². The van der Waals surface area contributed by atoms with E-state index in [1.54, 1.807) is 6.20 Å². The molecule has 2 N–H and O–H groups in total. The molecule has 0 spiro atoms. The monoisotopic (exact) mass is 372 g/mol. The van der Waals surface area contributed by atoms with Gasteiger partial charge in [0.2, 0.25) is 5.91 Å². The molecule has 0 unspecified atom stereocenters. The number of nitrogens with one attached hydrogen (secondary N) is 2. The maximum Gasteiger partial charge on any atom is 0.265 e. The van der Waals surface area contributed by atoms with E-state index in [9.17, 15) is 9.59 Å². The molecule has 138 valence electrons. The van der Waals surface area contributed by atoms with E-state index >= 15 is 0 Å². The van der Waals surface area contributed by atoms with Crippen molar-refractivity contribution in [3.05, 3.63) is 29.3 Å². The zero-order valence-corrected chi connectivity index (χ0v) is 15.9. The van der Waals surface area contributed by atoms with Gasteiger partial charge >= 0.3 is 0 Å². The molecule has 1 saturated carbocycles. The van der Waals surface area contributed by atoms with Gasteiger partial charge in [0.25, 0.3) is 5.91 Å². The van der Waals surface area contributed by atoms with Gasteiger partial charge in [0.15, 0.2) is 0 Å². The molecule has 1 aliphatic carbocycles. The van der Waals surface area contributed by atoms with E-state index in [0.717, 1.165) is 37.2 Å². The van der Waals surface area contributed by atoms with Crippen LogP contribution in [0.25, 0.3) is 11.4 Å². The lowest BCUT2D eigenvalue weighted by molar-refractivity contribution is -0.118. The zero-order valence-electron chi connectivity index (χ0n) is 15.1. The highest BCUT2D eigenvalue weighted by atomic mass is 32.1. The van der Waals surface area contributed by atoms with Crippen molar-refractivity contribution >= 4 is 29.0 Å². The molecule has 0 bridgehead atoms. The third kappa shape index (κ3) is 4.27. The van der Waals surface area contributed by atoms with Gasteiger partial charge in [-0.1, -0.05) is 39.2 Å². The highest BCUT2D eigenvalue weighted by Gasteiger charge is 2.26. The fraction of sp³-hybridized carbons (Fsp3) is 0.474. The SMILES string of the molecule is CC(C)C(=O)Nc1c(-c2ccccn2)nsc1C(=O)NC1CCCCC1. The predicted molar refractivity (Wildman–Crippen MR) is 103 cm³/mol. The minimum absolute atomic E-state index is 0.144. The van der Waals surface area contributed by atoms with Gasteiger partial charge in [-0.15, -0.1) is 0 Å². The molecule has 2 heterocycles. The smallest absolute Gasteiger partial charge is 0.265 e. The average Bonchev–Trinajstić information content (AvgIpc) is 3.07. The quantitative estimate of drug-likeness (QED) is 0.835. The molecule has 2 amide bonds. The summed E-state index contributed by atoms with van der Waals surface area (Å²) in [5.74, 6) is -0.509. The van der Waals surface area contributed by atoms with Crippen LogP contribution in [0.3, 0.4) is 0 Å². The highest BCUT2D eigenvalue weighted by Crippen LogP contribution is 2.33. The van der Waals surface area contributed by atoms with Gasteiger partial charge in [-0.3, -0.25) is 14.6 Å². The first kappa shape index (κ1) is 18.5. The highest BCUT2D eigenvalue weighted by molar-refractivity contribution is 7.09. The second kappa shape index (κ2) is 8.40. The Balaban J connectivity index is 1.89. The molecular formula is C19H24N4O2S. The van der Waals surface area contributed by atoms with Gasteiger partial charge in [-0.05, 0) is 36.5 Å². The third-order valence-corrected chi connectivity index (χ3v) is 5.36. The summed E-state index contributed by atoms with van der Waals surface area (Å²) in [7, 11) is 0. The molecular weight excluding hydrogens is 348 g/mol. The van der Waals surface area contributed by atoms with Crippen molar-refractivity contribution < 1.29 is 9.59 Å². The van der Waals surface area contributed by atoms with E-state index in [2.05, 4.69) is 20.0 Å². The molecule has 0 aromatic carbocycles. The molecule has 0 saturated heterocycles. The van der Waals surface area contributed by atoms with Gasteiger partial charge in [0.05, 0.1) is 11.4 Å². The molecule has 3 rings (SSSR count). The predicted octanol–water partition coefficient (Wildman–Crippen LogP) is 3.86. The van der Waals surface area contributed by atoms with Crippen molar-refractivity contribution in [3.8, 4) is 11.4 Å². The molecule has 26 heavy (non-hydrogen) atoms. The van der Waals surface area contributed by atoms with Crippen LogP contribution in [0.2, 0.25) is 0 Å². The first-order valence-electron chi connectivity index (χ1n) is 9.09.